The second kappa shape index (κ2) is 6.77. The Labute approximate surface area is 142 Å². The van der Waals surface area contributed by atoms with Gasteiger partial charge >= 0.3 is 0 Å². The van der Waals surface area contributed by atoms with Gasteiger partial charge in [0.15, 0.2) is 0 Å². The SMILES string of the molecule is CNC(=O)C1(COC)CCCN1C(=O)c1ccc2c(c1)CCC=C2. The molecule has 1 fully saturated rings. The number of likely N-dealkylation sites (tertiary alicyclic amines) is 1. The van der Waals surface area contributed by atoms with Gasteiger partial charge in [-0.15, -0.1) is 0 Å². The minimum atomic E-state index is -0.906. The number of ether oxygens (including phenoxy) is 1. The number of allylic oxidation sites excluding steroid dienone is 1. The number of rotatable bonds is 4. The molecule has 3 rings (SSSR count). The van der Waals surface area contributed by atoms with Gasteiger partial charge in [0.25, 0.3) is 5.91 Å². The van der Waals surface area contributed by atoms with Crippen LogP contribution < -0.4 is 5.32 Å². The maximum absolute atomic E-state index is 13.1. The lowest BCUT2D eigenvalue weighted by molar-refractivity contribution is -0.133. The number of likely N-dealkylation sites (N-methyl/N-ethyl adjacent to an activating group) is 1. The van der Waals surface area contributed by atoms with Crippen LogP contribution in [0.3, 0.4) is 0 Å². The molecule has 0 bridgehead atoms. The summed E-state index contributed by atoms with van der Waals surface area (Å²) in [4.78, 5) is 27.3. The molecule has 1 aromatic rings. The van der Waals surface area contributed by atoms with Crippen LogP contribution in [0.15, 0.2) is 24.3 Å². The highest BCUT2D eigenvalue weighted by Gasteiger charge is 2.49. The van der Waals surface area contributed by atoms with Gasteiger partial charge in [-0.05, 0) is 48.9 Å². The minimum Gasteiger partial charge on any atom is -0.382 e. The number of methoxy groups -OCH3 is 1. The second-order valence-corrected chi connectivity index (χ2v) is 6.46. The quantitative estimate of drug-likeness (QED) is 0.920. The fraction of sp³-hybridized carbons (Fsp3) is 0.474. The number of carbonyl (C=O) groups excluding carboxylic acids is 2. The monoisotopic (exact) mass is 328 g/mol. The second-order valence-electron chi connectivity index (χ2n) is 6.46. The fourth-order valence-electron chi connectivity index (χ4n) is 3.82. The van der Waals surface area contributed by atoms with Crippen molar-refractivity contribution >= 4 is 17.9 Å². The van der Waals surface area contributed by atoms with Crippen molar-refractivity contribution in [1.82, 2.24) is 10.2 Å². The molecule has 5 nitrogen and oxygen atoms in total. The van der Waals surface area contributed by atoms with Crippen LogP contribution >= 0.6 is 0 Å². The molecular formula is C19H24N2O3. The summed E-state index contributed by atoms with van der Waals surface area (Å²) in [5.74, 6) is -0.249. The van der Waals surface area contributed by atoms with Gasteiger partial charge in [-0.3, -0.25) is 9.59 Å². The summed E-state index contributed by atoms with van der Waals surface area (Å²) in [6, 6.07) is 5.82. The van der Waals surface area contributed by atoms with E-state index in [1.165, 1.54) is 11.1 Å². The number of nitrogens with zero attached hydrogens (tertiary/aromatic N) is 1. The summed E-state index contributed by atoms with van der Waals surface area (Å²) in [6.07, 6.45) is 7.63. The van der Waals surface area contributed by atoms with E-state index >= 15 is 0 Å². The van der Waals surface area contributed by atoms with E-state index in [4.69, 9.17) is 4.74 Å². The largest absolute Gasteiger partial charge is 0.382 e. The molecule has 1 aliphatic carbocycles. The molecule has 1 saturated heterocycles. The predicted molar refractivity (Wildman–Crippen MR) is 92.7 cm³/mol. The Morgan fingerprint density at radius 1 is 1.38 bits per heavy atom. The van der Waals surface area contributed by atoms with Gasteiger partial charge in [0.05, 0.1) is 6.61 Å². The minimum absolute atomic E-state index is 0.0921. The van der Waals surface area contributed by atoms with E-state index in [1.54, 1.807) is 19.1 Å². The predicted octanol–water partition coefficient (Wildman–Crippen LogP) is 2.01. The first kappa shape index (κ1) is 16.7. The Hall–Kier alpha value is -2.14. The maximum Gasteiger partial charge on any atom is 0.254 e. The van der Waals surface area contributed by atoms with Gasteiger partial charge < -0.3 is 15.0 Å². The number of hydrogen-bond acceptors (Lipinski definition) is 3. The van der Waals surface area contributed by atoms with Crippen LogP contribution in [0, 0.1) is 0 Å². The normalized spacial score (nSPS) is 22.3. The number of nitrogens with one attached hydrogen (secondary N) is 1. The lowest BCUT2D eigenvalue weighted by Gasteiger charge is -2.36. The highest BCUT2D eigenvalue weighted by molar-refractivity contribution is 6.00. The average molecular weight is 328 g/mol. The first-order valence-electron chi connectivity index (χ1n) is 8.45. The highest BCUT2D eigenvalue weighted by Crippen LogP contribution is 2.32. The molecule has 24 heavy (non-hydrogen) atoms. The number of benzene rings is 1. The van der Waals surface area contributed by atoms with Crippen molar-refractivity contribution in [3.63, 3.8) is 0 Å². The zero-order valence-electron chi connectivity index (χ0n) is 14.3. The zero-order valence-corrected chi connectivity index (χ0v) is 14.3. The van der Waals surface area contributed by atoms with Gasteiger partial charge in [0.2, 0.25) is 5.91 Å². The van der Waals surface area contributed by atoms with Crippen LogP contribution in [0.5, 0.6) is 0 Å². The molecule has 1 aromatic carbocycles. The van der Waals surface area contributed by atoms with Crippen molar-refractivity contribution < 1.29 is 14.3 Å². The third-order valence-electron chi connectivity index (χ3n) is 5.03. The van der Waals surface area contributed by atoms with E-state index in [0.29, 0.717) is 18.5 Å². The molecule has 1 aliphatic heterocycles. The zero-order chi connectivity index (χ0) is 17.2. The Morgan fingerprint density at radius 2 is 2.21 bits per heavy atom. The van der Waals surface area contributed by atoms with Gasteiger partial charge in [0.1, 0.15) is 5.54 Å². The van der Waals surface area contributed by atoms with Crippen LogP contribution in [-0.4, -0.2) is 49.6 Å². The average Bonchev–Trinajstić information content (AvgIpc) is 3.05. The lowest BCUT2D eigenvalue weighted by Crippen LogP contribution is -2.59. The third kappa shape index (κ3) is 2.73. The Morgan fingerprint density at radius 3 is 2.96 bits per heavy atom. The molecule has 2 amide bonds. The van der Waals surface area contributed by atoms with Crippen LogP contribution in [0.1, 0.15) is 40.7 Å². The molecule has 128 valence electrons. The number of fused-ring (bicyclic) bond motifs is 1. The van der Waals surface area contributed by atoms with E-state index in [2.05, 4.69) is 17.5 Å². The third-order valence-corrected chi connectivity index (χ3v) is 5.03. The fourth-order valence-corrected chi connectivity index (χ4v) is 3.82. The van der Waals surface area contributed by atoms with Crippen molar-refractivity contribution in [2.75, 3.05) is 27.3 Å². The standard InChI is InChI=1S/C19H24N2O3/c1-20-18(23)19(13-24-2)10-5-11-21(19)17(22)16-9-8-14-6-3-4-7-15(14)12-16/h3,6,8-9,12H,4-5,7,10-11,13H2,1-2H3,(H,20,23). The molecule has 1 unspecified atom stereocenters. The summed E-state index contributed by atoms with van der Waals surface area (Å²) in [6.45, 7) is 0.790. The molecule has 0 saturated carbocycles. The van der Waals surface area contributed by atoms with Gasteiger partial charge in [-0.25, -0.2) is 0 Å². The maximum atomic E-state index is 13.1. The van der Waals surface area contributed by atoms with E-state index in [9.17, 15) is 9.59 Å². The number of amides is 2. The van der Waals surface area contributed by atoms with E-state index in [-0.39, 0.29) is 18.4 Å². The number of carbonyl (C=O) groups is 2. The molecule has 0 radical (unpaired) electrons. The Balaban J connectivity index is 1.93. The summed E-state index contributed by atoms with van der Waals surface area (Å²) >= 11 is 0. The van der Waals surface area contributed by atoms with Crippen LogP contribution in [0.2, 0.25) is 0 Å². The topological polar surface area (TPSA) is 58.6 Å². The van der Waals surface area contributed by atoms with Gasteiger partial charge in [-0.1, -0.05) is 18.2 Å². The van der Waals surface area contributed by atoms with E-state index < -0.39 is 5.54 Å². The van der Waals surface area contributed by atoms with Crippen LogP contribution in [0.25, 0.3) is 6.08 Å². The molecular weight excluding hydrogens is 304 g/mol. The first-order valence-corrected chi connectivity index (χ1v) is 8.45. The smallest absolute Gasteiger partial charge is 0.254 e. The molecule has 1 heterocycles. The van der Waals surface area contributed by atoms with Crippen LogP contribution in [-0.2, 0) is 16.0 Å². The summed E-state index contributed by atoms with van der Waals surface area (Å²) in [5.41, 5.74) is 2.11. The highest BCUT2D eigenvalue weighted by atomic mass is 16.5. The van der Waals surface area contributed by atoms with Gasteiger partial charge in [0, 0.05) is 26.3 Å². The van der Waals surface area contributed by atoms with Gasteiger partial charge in [-0.2, -0.15) is 0 Å². The van der Waals surface area contributed by atoms with Crippen molar-refractivity contribution in [3.05, 3.63) is 41.0 Å². The van der Waals surface area contributed by atoms with Crippen molar-refractivity contribution in [2.24, 2.45) is 0 Å². The molecule has 0 aromatic heterocycles. The van der Waals surface area contributed by atoms with Crippen molar-refractivity contribution in [3.8, 4) is 0 Å². The summed E-state index contributed by atoms with van der Waals surface area (Å²) in [7, 11) is 3.17. The lowest BCUT2D eigenvalue weighted by atomic mass is 9.93. The summed E-state index contributed by atoms with van der Waals surface area (Å²) < 4.78 is 5.30. The van der Waals surface area contributed by atoms with Crippen molar-refractivity contribution in [2.45, 2.75) is 31.2 Å². The summed E-state index contributed by atoms with van der Waals surface area (Å²) in [5, 5.41) is 2.70. The number of hydrogen-bond donors (Lipinski definition) is 1. The Bertz CT molecular complexity index is 683. The van der Waals surface area contributed by atoms with E-state index in [1.807, 2.05) is 18.2 Å². The molecule has 0 spiro atoms. The number of aryl methyl sites for hydroxylation is 1. The van der Waals surface area contributed by atoms with Crippen molar-refractivity contribution in [1.29, 1.82) is 0 Å². The molecule has 1 N–H and O–H groups in total. The molecule has 5 heteroatoms. The first-order chi connectivity index (χ1) is 11.6. The molecule has 1 atom stereocenters. The van der Waals surface area contributed by atoms with E-state index in [0.717, 1.165) is 19.3 Å². The Kier molecular flexibility index (Phi) is 4.71. The molecule has 2 aliphatic rings. The van der Waals surface area contributed by atoms with Crippen LogP contribution in [0.4, 0.5) is 0 Å².